The Morgan fingerprint density at radius 1 is 0.944 bits per heavy atom. The first kappa shape index (κ1) is 24.3. The molecule has 0 saturated heterocycles. The largest absolute Gasteiger partial charge is 0.350 e. The van der Waals surface area contributed by atoms with Crippen molar-refractivity contribution in [3.63, 3.8) is 0 Å². The van der Waals surface area contributed by atoms with E-state index < -0.39 is 0 Å². The van der Waals surface area contributed by atoms with E-state index in [2.05, 4.69) is 35.9 Å². The molecule has 0 fully saturated rings. The Kier molecular flexibility index (Phi) is 6.05. The molecule has 2 unspecified atom stereocenters. The van der Waals surface area contributed by atoms with E-state index >= 15 is 0 Å². The van der Waals surface area contributed by atoms with Crippen LogP contribution >= 0.6 is 12.4 Å². The van der Waals surface area contributed by atoms with Gasteiger partial charge < -0.3 is 14.9 Å². The van der Waals surface area contributed by atoms with Crippen molar-refractivity contribution >= 4 is 57.2 Å². The number of carbonyl (C=O) groups is 2. The topological polar surface area (TPSA) is 82.0 Å². The van der Waals surface area contributed by atoms with Crippen LogP contribution in [0.3, 0.4) is 0 Å². The number of nitrogens with one attached hydrogen (secondary N) is 1. The summed E-state index contributed by atoms with van der Waals surface area (Å²) in [5.74, 6) is 0.0394. The standard InChI is InChI=1S/C29H30N4O2.ClH/c1-16(2)27(30)17-12-13-33-22-11-7-5-9-19(22)24(23(33)14-17)26-25(28(34)31-29(26)35)20-15-32(3)21-10-6-4-8-18(20)21;/h4-11,15-17,27H,12-14,30H2,1-3H3,(H,31,34,35);1H. The first-order valence-corrected chi connectivity index (χ1v) is 12.4. The third-order valence-electron chi connectivity index (χ3n) is 7.92. The second-order valence-electron chi connectivity index (χ2n) is 10.3. The maximum Gasteiger partial charge on any atom is 0.259 e. The second-order valence-corrected chi connectivity index (χ2v) is 10.3. The molecule has 2 aliphatic heterocycles. The van der Waals surface area contributed by atoms with Crippen molar-refractivity contribution in [2.24, 2.45) is 24.6 Å². The van der Waals surface area contributed by atoms with Gasteiger partial charge in [-0.15, -0.1) is 12.4 Å². The van der Waals surface area contributed by atoms with Crippen molar-refractivity contribution in [3.8, 4) is 0 Å². The van der Waals surface area contributed by atoms with Crippen LogP contribution in [0.25, 0.3) is 33.0 Å². The summed E-state index contributed by atoms with van der Waals surface area (Å²) in [4.78, 5) is 26.7. The molecule has 6 nitrogen and oxygen atoms in total. The summed E-state index contributed by atoms with van der Waals surface area (Å²) >= 11 is 0. The van der Waals surface area contributed by atoms with Gasteiger partial charge in [-0.2, -0.15) is 0 Å². The molecular formula is C29H31ClN4O2. The van der Waals surface area contributed by atoms with E-state index in [9.17, 15) is 9.59 Å². The van der Waals surface area contributed by atoms with Crippen molar-refractivity contribution in [2.45, 2.75) is 39.3 Å². The predicted molar refractivity (Wildman–Crippen MR) is 147 cm³/mol. The number of fused-ring (bicyclic) bond motifs is 4. The number of halogens is 1. The van der Waals surface area contributed by atoms with Gasteiger partial charge in [-0.1, -0.05) is 50.2 Å². The van der Waals surface area contributed by atoms with Crippen LogP contribution in [0.5, 0.6) is 0 Å². The number of hydrogen-bond donors (Lipinski definition) is 2. The Balaban J connectivity index is 0.00000267. The van der Waals surface area contributed by atoms with E-state index in [1.54, 1.807) is 0 Å². The second kappa shape index (κ2) is 8.95. The van der Waals surface area contributed by atoms with Crippen molar-refractivity contribution < 1.29 is 9.59 Å². The molecule has 3 N–H and O–H groups in total. The molecule has 0 spiro atoms. The minimum atomic E-state index is -0.336. The van der Waals surface area contributed by atoms with Crippen LogP contribution in [-0.4, -0.2) is 27.0 Å². The van der Waals surface area contributed by atoms with Crippen molar-refractivity contribution in [3.05, 3.63) is 71.5 Å². The number of nitrogens with two attached hydrogens (primary N) is 1. The maximum absolute atomic E-state index is 13.4. The zero-order chi connectivity index (χ0) is 24.4. The first-order valence-electron chi connectivity index (χ1n) is 12.4. The monoisotopic (exact) mass is 502 g/mol. The molecule has 7 heteroatoms. The van der Waals surface area contributed by atoms with Crippen LogP contribution in [0.2, 0.25) is 0 Å². The van der Waals surface area contributed by atoms with Crippen LogP contribution in [0.4, 0.5) is 0 Å². The average molecular weight is 503 g/mol. The van der Waals surface area contributed by atoms with Crippen molar-refractivity contribution in [1.82, 2.24) is 14.5 Å². The molecule has 0 radical (unpaired) electrons. The zero-order valence-corrected chi connectivity index (χ0v) is 21.6. The molecule has 6 rings (SSSR count). The van der Waals surface area contributed by atoms with Gasteiger partial charge in [0.1, 0.15) is 0 Å². The molecule has 2 aromatic heterocycles. The van der Waals surface area contributed by atoms with E-state index in [4.69, 9.17) is 5.73 Å². The molecule has 2 amide bonds. The van der Waals surface area contributed by atoms with Gasteiger partial charge in [0.15, 0.2) is 0 Å². The lowest BCUT2D eigenvalue weighted by Crippen LogP contribution is -2.39. The minimum Gasteiger partial charge on any atom is -0.350 e. The van der Waals surface area contributed by atoms with Gasteiger partial charge in [-0.3, -0.25) is 14.9 Å². The summed E-state index contributed by atoms with van der Waals surface area (Å²) in [5, 5.41) is 4.58. The highest BCUT2D eigenvalue weighted by atomic mass is 35.5. The summed E-state index contributed by atoms with van der Waals surface area (Å²) in [6.45, 7) is 5.19. The van der Waals surface area contributed by atoms with Crippen LogP contribution < -0.4 is 11.1 Å². The third kappa shape index (κ3) is 3.51. The van der Waals surface area contributed by atoms with E-state index in [0.29, 0.717) is 23.0 Å². The van der Waals surface area contributed by atoms with E-state index in [0.717, 1.165) is 58.0 Å². The van der Waals surface area contributed by atoms with Crippen LogP contribution in [-0.2, 0) is 29.6 Å². The molecule has 2 aromatic carbocycles. The van der Waals surface area contributed by atoms with Gasteiger partial charge in [0.2, 0.25) is 0 Å². The molecule has 2 atom stereocenters. The highest BCUT2D eigenvalue weighted by Gasteiger charge is 2.38. The normalized spacial score (nSPS) is 18.6. The summed E-state index contributed by atoms with van der Waals surface area (Å²) in [6.07, 6.45) is 3.75. The Bertz CT molecular complexity index is 1560. The quantitative estimate of drug-likeness (QED) is 0.398. The van der Waals surface area contributed by atoms with Crippen LogP contribution in [0.1, 0.15) is 37.1 Å². The Hall–Kier alpha value is -3.35. The molecule has 2 aliphatic rings. The molecule has 36 heavy (non-hydrogen) atoms. The molecule has 4 aromatic rings. The lowest BCUT2D eigenvalue weighted by atomic mass is 9.82. The van der Waals surface area contributed by atoms with E-state index in [1.165, 1.54) is 0 Å². The maximum atomic E-state index is 13.4. The van der Waals surface area contributed by atoms with Gasteiger partial charge in [-0.05, 0) is 36.8 Å². The number of para-hydroxylation sites is 2. The molecule has 4 heterocycles. The van der Waals surface area contributed by atoms with Crippen molar-refractivity contribution in [1.29, 1.82) is 0 Å². The zero-order valence-electron chi connectivity index (χ0n) is 20.7. The molecular weight excluding hydrogens is 472 g/mol. The van der Waals surface area contributed by atoms with Crippen molar-refractivity contribution in [2.75, 3.05) is 0 Å². The van der Waals surface area contributed by atoms with Gasteiger partial charge in [0.05, 0.1) is 11.1 Å². The fourth-order valence-electron chi connectivity index (χ4n) is 6.11. The predicted octanol–water partition coefficient (Wildman–Crippen LogP) is 4.67. The summed E-state index contributed by atoms with van der Waals surface area (Å²) < 4.78 is 4.34. The highest BCUT2D eigenvalue weighted by Crippen LogP contribution is 2.43. The summed E-state index contributed by atoms with van der Waals surface area (Å²) in [6, 6.07) is 16.3. The Morgan fingerprint density at radius 3 is 2.31 bits per heavy atom. The minimum absolute atomic E-state index is 0. The van der Waals surface area contributed by atoms with Crippen LogP contribution in [0, 0.1) is 11.8 Å². The Labute approximate surface area is 216 Å². The smallest absolute Gasteiger partial charge is 0.259 e. The highest BCUT2D eigenvalue weighted by molar-refractivity contribution is 6.51. The number of aromatic nitrogens is 2. The van der Waals surface area contributed by atoms with Gasteiger partial charge in [0, 0.05) is 64.5 Å². The lowest BCUT2D eigenvalue weighted by Gasteiger charge is -2.32. The summed E-state index contributed by atoms with van der Waals surface area (Å²) in [5.41, 5.74) is 12.5. The molecule has 0 saturated carbocycles. The molecule has 0 aliphatic carbocycles. The fourth-order valence-corrected chi connectivity index (χ4v) is 6.11. The number of hydrogen-bond acceptors (Lipinski definition) is 3. The number of carbonyl (C=O) groups excluding carboxylic acids is 2. The number of rotatable bonds is 4. The Morgan fingerprint density at radius 2 is 1.58 bits per heavy atom. The number of nitrogens with zero attached hydrogens (tertiary/aromatic N) is 2. The number of benzene rings is 2. The van der Waals surface area contributed by atoms with Gasteiger partial charge >= 0.3 is 0 Å². The number of imide groups is 1. The van der Waals surface area contributed by atoms with E-state index in [1.807, 2.05) is 54.2 Å². The molecule has 186 valence electrons. The number of aryl methyl sites for hydroxylation is 2. The van der Waals surface area contributed by atoms with E-state index in [-0.39, 0.29) is 30.3 Å². The lowest BCUT2D eigenvalue weighted by molar-refractivity contribution is -0.122. The van der Waals surface area contributed by atoms with Crippen LogP contribution in [0.15, 0.2) is 54.7 Å². The van der Waals surface area contributed by atoms with Gasteiger partial charge in [0.25, 0.3) is 11.8 Å². The third-order valence-corrected chi connectivity index (χ3v) is 7.92. The average Bonchev–Trinajstić information content (AvgIpc) is 3.46. The first-order chi connectivity index (χ1) is 16.9. The van der Waals surface area contributed by atoms with Gasteiger partial charge in [-0.25, -0.2) is 0 Å². The number of amides is 2. The SMILES string of the molecule is CC(C)C(N)C1CCn2c(c(C3=C(c4cn(C)c5ccccc45)C(=O)NC3=O)c3ccccc32)C1.Cl. The molecule has 0 bridgehead atoms. The fraction of sp³-hybridized carbons (Fsp3) is 0.310. The summed E-state index contributed by atoms with van der Waals surface area (Å²) in [7, 11) is 1.97.